The van der Waals surface area contributed by atoms with Crippen LogP contribution in [0, 0.1) is 5.82 Å². The summed E-state index contributed by atoms with van der Waals surface area (Å²) in [6.45, 7) is 0.419. The van der Waals surface area contributed by atoms with Gasteiger partial charge in [-0.2, -0.15) is 5.10 Å². The topological polar surface area (TPSA) is 61.0 Å². The minimum atomic E-state index is -0.272. The molecular weight excluding hydrogens is 307 g/mol. The Hall–Kier alpha value is -2.73. The van der Waals surface area contributed by atoms with E-state index in [9.17, 15) is 9.18 Å². The van der Waals surface area contributed by atoms with Crippen molar-refractivity contribution in [3.63, 3.8) is 0 Å². The summed E-state index contributed by atoms with van der Waals surface area (Å²) in [7, 11) is 3.85. The molecule has 0 aliphatic rings. The SMILES string of the molecule is CN(C)C(CNC(=O)c1cccc2cn[nH]c12)c1ccc(F)cc1. The van der Waals surface area contributed by atoms with E-state index in [-0.39, 0.29) is 17.8 Å². The highest BCUT2D eigenvalue weighted by Gasteiger charge is 2.17. The zero-order valence-electron chi connectivity index (χ0n) is 13.6. The van der Waals surface area contributed by atoms with E-state index in [4.69, 9.17) is 0 Å². The van der Waals surface area contributed by atoms with Crippen molar-refractivity contribution < 1.29 is 9.18 Å². The number of aromatic amines is 1. The molecule has 0 bridgehead atoms. The van der Waals surface area contributed by atoms with E-state index in [0.717, 1.165) is 16.5 Å². The van der Waals surface area contributed by atoms with Crippen LogP contribution in [0.5, 0.6) is 0 Å². The Morgan fingerprint density at radius 2 is 2.00 bits per heavy atom. The third-order valence-electron chi connectivity index (χ3n) is 4.06. The predicted octanol–water partition coefficient (Wildman–Crippen LogP) is 2.73. The molecular formula is C18H19FN4O. The molecule has 3 rings (SSSR count). The van der Waals surface area contributed by atoms with Gasteiger partial charge in [0.1, 0.15) is 5.82 Å². The molecule has 0 radical (unpaired) electrons. The maximum atomic E-state index is 13.1. The van der Waals surface area contributed by atoms with Crippen LogP contribution >= 0.6 is 0 Å². The van der Waals surface area contributed by atoms with Gasteiger partial charge in [0.2, 0.25) is 0 Å². The smallest absolute Gasteiger partial charge is 0.253 e. The van der Waals surface area contributed by atoms with Gasteiger partial charge in [-0.15, -0.1) is 0 Å². The minimum absolute atomic E-state index is 0.0458. The van der Waals surface area contributed by atoms with Crippen LogP contribution in [0.4, 0.5) is 4.39 Å². The fraction of sp³-hybridized carbons (Fsp3) is 0.222. The Kier molecular flexibility index (Phi) is 4.57. The number of hydrogen-bond acceptors (Lipinski definition) is 3. The third-order valence-corrected chi connectivity index (χ3v) is 4.06. The molecule has 1 atom stereocenters. The van der Waals surface area contributed by atoms with Gasteiger partial charge in [-0.3, -0.25) is 9.89 Å². The lowest BCUT2D eigenvalue weighted by Crippen LogP contribution is -2.34. The molecule has 0 aliphatic carbocycles. The van der Waals surface area contributed by atoms with Crippen LogP contribution in [0.3, 0.4) is 0 Å². The van der Waals surface area contributed by atoms with Crippen molar-refractivity contribution >= 4 is 16.8 Å². The van der Waals surface area contributed by atoms with Crippen molar-refractivity contribution in [2.45, 2.75) is 6.04 Å². The van der Waals surface area contributed by atoms with Gasteiger partial charge in [-0.1, -0.05) is 24.3 Å². The van der Waals surface area contributed by atoms with Crippen LogP contribution in [0.1, 0.15) is 22.0 Å². The number of halogens is 1. The summed E-state index contributed by atoms with van der Waals surface area (Å²) in [6, 6.07) is 11.8. The number of benzene rings is 2. The lowest BCUT2D eigenvalue weighted by molar-refractivity contribution is 0.0943. The monoisotopic (exact) mass is 326 g/mol. The predicted molar refractivity (Wildman–Crippen MR) is 91.3 cm³/mol. The van der Waals surface area contributed by atoms with Gasteiger partial charge in [-0.05, 0) is 37.9 Å². The maximum absolute atomic E-state index is 13.1. The highest BCUT2D eigenvalue weighted by Crippen LogP contribution is 2.19. The van der Waals surface area contributed by atoms with Crippen LogP contribution in [-0.2, 0) is 0 Å². The lowest BCUT2D eigenvalue weighted by Gasteiger charge is -2.25. The molecule has 3 aromatic rings. The Balaban J connectivity index is 1.76. The second kappa shape index (κ2) is 6.80. The Bertz CT molecular complexity index is 842. The Labute approximate surface area is 139 Å². The largest absolute Gasteiger partial charge is 0.350 e. The summed E-state index contributed by atoms with van der Waals surface area (Å²) in [5.74, 6) is -0.440. The van der Waals surface area contributed by atoms with Gasteiger partial charge in [0.05, 0.1) is 23.3 Å². The minimum Gasteiger partial charge on any atom is -0.350 e. The molecule has 1 unspecified atom stereocenters. The van der Waals surface area contributed by atoms with Crippen molar-refractivity contribution in [1.82, 2.24) is 20.4 Å². The number of para-hydroxylation sites is 1. The number of nitrogens with one attached hydrogen (secondary N) is 2. The van der Waals surface area contributed by atoms with Crippen LogP contribution in [0.15, 0.2) is 48.7 Å². The third kappa shape index (κ3) is 3.28. The normalized spacial score (nSPS) is 12.5. The average Bonchev–Trinajstić information content (AvgIpc) is 3.04. The van der Waals surface area contributed by atoms with E-state index in [1.54, 1.807) is 24.4 Å². The van der Waals surface area contributed by atoms with Crippen molar-refractivity contribution in [3.8, 4) is 0 Å². The second-order valence-electron chi connectivity index (χ2n) is 5.88. The van der Waals surface area contributed by atoms with Crippen molar-refractivity contribution in [2.75, 3.05) is 20.6 Å². The first-order chi connectivity index (χ1) is 11.6. The quantitative estimate of drug-likeness (QED) is 0.758. The highest BCUT2D eigenvalue weighted by atomic mass is 19.1. The van der Waals surface area contributed by atoms with Crippen LogP contribution < -0.4 is 5.32 Å². The summed E-state index contributed by atoms with van der Waals surface area (Å²) in [6.07, 6.45) is 1.69. The standard InChI is InChI=1S/C18H19FN4O/c1-23(2)16(12-6-8-14(19)9-7-12)11-20-18(24)15-5-3-4-13-10-21-22-17(13)15/h3-10,16H,11H2,1-2H3,(H,20,24)(H,21,22). The molecule has 5 nitrogen and oxygen atoms in total. The van der Waals surface area contributed by atoms with E-state index in [0.29, 0.717) is 12.1 Å². The summed E-state index contributed by atoms with van der Waals surface area (Å²) in [5, 5.41) is 10.7. The zero-order valence-corrected chi connectivity index (χ0v) is 13.6. The summed E-state index contributed by atoms with van der Waals surface area (Å²) in [4.78, 5) is 14.5. The zero-order chi connectivity index (χ0) is 17.1. The van der Waals surface area contributed by atoms with Crippen LogP contribution in [0.2, 0.25) is 0 Å². The van der Waals surface area contributed by atoms with Crippen molar-refractivity contribution in [1.29, 1.82) is 0 Å². The fourth-order valence-electron chi connectivity index (χ4n) is 2.73. The first-order valence-electron chi connectivity index (χ1n) is 7.68. The van der Waals surface area contributed by atoms with E-state index in [2.05, 4.69) is 15.5 Å². The van der Waals surface area contributed by atoms with Crippen molar-refractivity contribution in [3.05, 3.63) is 65.6 Å². The Morgan fingerprint density at radius 1 is 1.25 bits per heavy atom. The molecule has 6 heteroatoms. The van der Waals surface area contributed by atoms with E-state index in [1.807, 2.05) is 31.1 Å². The van der Waals surface area contributed by atoms with Crippen molar-refractivity contribution in [2.24, 2.45) is 0 Å². The number of fused-ring (bicyclic) bond motifs is 1. The fourth-order valence-corrected chi connectivity index (χ4v) is 2.73. The molecule has 1 amide bonds. The molecule has 2 N–H and O–H groups in total. The summed E-state index contributed by atoms with van der Waals surface area (Å²) >= 11 is 0. The van der Waals surface area contributed by atoms with Gasteiger partial charge >= 0.3 is 0 Å². The first-order valence-corrected chi connectivity index (χ1v) is 7.68. The van der Waals surface area contributed by atoms with E-state index < -0.39 is 0 Å². The van der Waals surface area contributed by atoms with Crippen LogP contribution in [-0.4, -0.2) is 41.6 Å². The van der Waals surface area contributed by atoms with Gasteiger partial charge in [-0.25, -0.2) is 4.39 Å². The maximum Gasteiger partial charge on any atom is 0.253 e. The summed E-state index contributed by atoms with van der Waals surface area (Å²) in [5.41, 5.74) is 2.22. The molecule has 0 saturated heterocycles. The first kappa shape index (κ1) is 16.1. The average molecular weight is 326 g/mol. The van der Waals surface area contributed by atoms with Gasteiger partial charge < -0.3 is 10.2 Å². The molecule has 124 valence electrons. The molecule has 1 heterocycles. The number of hydrogen-bond donors (Lipinski definition) is 2. The molecule has 2 aromatic carbocycles. The molecule has 0 spiro atoms. The number of rotatable bonds is 5. The molecule has 1 aromatic heterocycles. The molecule has 0 saturated carbocycles. The highest BCUT2D eigenvalue weighted by molar-refractivity contribution is 6.05. The van der Waals surface area contributed by atoms with Crippen LogP contribution in [0.25, 0.3) is 10.9 Å². The Morgan fingerprint density at radius 3 is 2.71 bits per heavy atom. The van der Waals surface area contributed by atoms with Gasteiger partial charge in [0.25, 0.3) is 5.91 Å². The molecule has 24 heavy (non-hydrogen) atoms. The lowest BCUT2D eigenvalue weighted by atomic mass is 10.1. The number of likely N-dealkylation sites (N-methyl/N-ethyl adjacent to an activating group) is 1. The number of H-pyrrole nitrogens is 1. The molecule has 0 aliphatic heterocycles. The molecule has 0 fully saturated rings. The number of carbonyl (C=O) groups excluding carboxylic acids is 1. The second-order valence-corrected chi connectivity index (χ2v) is 5.88. The number of amides is 1. The number of nitrogens with zero attached hydrogens (tertiary/aromatic N) is 2. The number of carbonyl (C=O) groups is 1. The van der Waals surface area contributed by atoms with Gasteiger partial charge in [0, 0.05) is 11.9 Å². The van der Waals surface area contributed by atoms with E-state index >= 15 is 0 Å². The number of aromatic nitrogens is 2. The van der Waals surface area contributed by atoms with E-state index in [1.165, 1.54) is 12.1 Å². The summed E-state index contributed by atoms with van der Waals surface area (Å²) < 4.78 is 13.1. The van der Waals surface area contributed by atoms with Gasteiger partial charge in [0.15, 0.2) is 0 Å².